The van der Waals surface area contributed by atoms with Crippen molar-refractivity contribution in [3.63, 3.8) is 0 Å². The first kappa shape index (κ1) is 12.0. The van der Waals surface area contributed by atoms with Gasteiger partial charge in [-0.25, -0.2) is 0 Å². The topological polar surface area (TPSA) is 29.5 Å². The molecule has 4 heteroatoms. The van der Waals surface area contributed by atoms with Gasteiger partial charge in [0.25, 0.3) is 0 Å². The molecule has 0 saturated carbocycles. The highest BCUT2D eigenvalue weighted by molar-refractivity contribution is 5.85. The molecule has 2 rings (SSSR count). The van der Waals surface area contributed by atoms with Gasteiger partial charge in [0.05, 0.1) is 19.1 Å². The Hall–Kier alpha value is -0.120. The molecule has 0 N–H and O–H groups in total. The number of carbonyl (C=O) groups excluding carboxylic acids is 1. The first-order chi connectivity index (χ1) is 6.36. The molecular formula is C10H18ClNO2. The van der Waals surface area contributed by atoms with Crippen molar-refractivity contribution < 1.29 is 9.53 Å². The van der Waals surface area contributed by atoms with Crippen molar-refractivity contribution in [3.8, 4) is 0 Å². The maximum absolute atomic E-state index is 11.5. The molecular weight excluding hydrogens is 202 g/mol. The van der Waals surface area contributed by atoms with E-state index in [4.69, 9.17) is 4.74 Å². The van der Waals surface area contributed by atoms with E-state index in [1.165, 1.54) is 25.9 Å². The molecule has 0 aromatic rings. The summed E-state index contributed by atoms with van der Waals surface area (Å²) in [6.45, 7) is 4.55. The van der Waals surface area contributed by atoms with E-state index in [0.29, 0.717) is 25.4 Å². The van der Waals surface area contributed by atoms with Crippen molar-refractivity contribution in [2.75, 3.05) is 32.8 Å². The second-order valence-corrected chi connectivity index (χ2v) is 4.00. The Morgan fingerprint density at radius 3 is 2.71 bits per heavy atom. The van der Waals surface area contributed by atoms with Gasteiger partial charge in [-0.2, -0.15) is 0 Å². The van der Waals surface area contributed by atoms with Crippen molar-refractivity contribution in [1.29, 1.82) is 0 Å². The van der Waals surface area contributed by atoms with Gasteiger partial charge in [-0.1, -0.05) is 0 Å². The average Bonchev–Trinajstić information content (AvgIpc) is 2.61. The van der Waals surface area contributed by atoms with Crippen molar-refractivity contribution >= 4 is 18.2 Å². The second kappa shape index (κ2) is 5.69. The molecule has 0 amide bonds. The van der Waals surface area contributed by atoms with Crippen LogP contribution in [0.4, 0.5) is 0 Å². The molecule has 2 aliphatic rings. The summed E-state index contributed by atoms with van der Waals surface area (Å²) >= 11 is 0. The zero-order chi connectivity index (χ0) is 9.10. The highest BCUT2D eigenvalue weighted by Crippen LogP contribution is 2.15. The van der Waals surface area contributed by atoms with Gasteiger partial charge >= 0.3 is 0 Å². The number of halogens is 1. The van der Waals surface area contributed by atoms with E-state index < -0.39 is 0 Å². The lowest BCUT2D eigenvalue weighted by atomic mass is 10.0. The third kappa shape index (κ3) is 2.94. The summed E-state index contributed by atoms with van der Waals surface area (Å²) in [6, 6.07) is 0. The average molecular weight is 220 g/mol. The van der Waals surface area contributed by atoms with Gasteiger partial charge in [-0.05, 0) is 25.9 Å². The minimum Gasteiger partial charge on any atom is -0.380 e. The molecule has 0 bridgehead atoms. The van der Waals surface area contributed by atoms with Gasteiger partial charge in [-0.3, -0.25) is 4.79 Å². The van der Waals surface area contributed by atoms with Crippen molar-refractivity contribution in [1.82, 2.24) is 4.90 Å². The van der Waals surface area contributed by atoms with Crippen molar-refractivity contribution in [3.05, 3.63) is 0 Å². The Labute approximate surface area is 91.2 Å². The Morgan fingerprint density at radius 1 is 1.36 bits per heavy atom. The molecule has 82 valence electrons. The molecule has 1 unspecified atom stereocenters. The number of hydrogen-bond acceptors (Lipinski definition) is 3. The van der Waals surface area contributed by atoms with E-state index in [9.17, 15) is 4.79 Å². The van der Waals surface area contributed by atoms with E-state index in [-0.39, 0.29) is 18.3 Å². The molecule has 1 atom stereocenters. The number of ether oxygens (including phenoxy) is 1. The van der Waals surface area contributed by atoms with Gasteiger partial charge in [-0.15, -0.1) is 12.4 Å². The van der Waals surface area contributed by atoms with Crippen LogP contribution in [0.15, 0.2) is 0 Å². The van der Waals surface area contributed by atoms with Crippen LogP contribution in [0.1, 0.15) is 19.3 Å². The highest BCUT2D eigenvalue weighted by Gasteiger charge is 2.25. The lowest BCUT2D eigenvalue weighted by Gasteiger charge is -2.25. The predicted molar refractivity (Wildman–Crippen MR) is 56.9 cm³/mol. The summed E-state index contributed by atoms with van der Waals surface area (Å²) in [7, 11) is 0. The van der Waals surface area contributed by atoms with Gasteiger partial charge in [0.2, 0.25) is 0 Å². The highest BCUT2D eigenvalue weighted by atomic mass is 35.5. The predicted octanol–water partition coefficient (Wildman–Crippen LogP) is 1.11. The summed E-state index contributed by atoms with van der Waals surface area (Å²) < 4.78 is 5.32. The van der Waals surface area contributed by atoms with Gasteiger partial charge < -0.3 is 9.64 Å². The Morgan fingerprint density at radius 2 is 2.07 bits per heavy atom. The quantitative estimate of drug-likeness (QED) is 0.697. The normalized spacial score (nSPS) is 28.9. The van der Waals surface area contributed by atoms with Crippen molar-refractivity contribution in [2.24, 2.45) is 5.92 Å². The Bertz CT molecular complexity index is 193. The van der Waals surface area contributed by atoms with Crippen LogP contribution in [-0.2, 0) is 9.53 Å². The maximum Gasteiger partial charge on any atom is 0.141 e. The zero-order valence-electron chi connectivity index (χ0n) is 8.41. The van der Waals surface area contributed by atoms with Crippen molar-refractivity contribution in [2.45, 2.75) is 19.3 Å². The molecule has 2 fully saturated rings. The molecule has 0 aromatic heterocycles. The standard InChI is InChI=1S/C10H17NO2.ClH/c12-10-3-6-13-8-9(10)7-11-4-1-2-5-11;/h9H,1-8H2;1H. The van der Waals surface area contributed by atoms with Gasteiger partial charge in [0.1, 0.15) is 5.78 Å². The van der Waals surface area contributed by atoms with Gasteiger partial charge in [0.15, 0.2) is 0 Å². The van der Waals surface area contributed by atoms with Crippen LogP contribution >= 0.6 is 12.4 Å². The fourth-order valence-electron chi connectivity index (χ4n) is 2.13. The van der Waals surface area contributed by atoms with Crippen LogP contribution in [0.5, 0.6) is 0 Å². The molecule has 14 heavy (non-hydrogen) atoms. The van der Waals surface area contributed by atoms with Crippen LogP contribution < -0.4 is 0 Å². The monoisotopic (exact) mass is 219 g/mol. The van der Waals surface area contributed by atoms with Gasteiger partial charge in [0, 0.05) is 13.0 Å². The number of likely N-dealkylation sites (tertiary alicyclic amines) is 1. The summed E-state index contributed by atoms with van der Waals surface area (Å²) in [5.74, 6) is 0.560. The number of Topliss-reactive ketones (excluding diaryl/α,β-unsaturated/α-hetero) is 1. The minimum absolute atomic E-state index is 0. The van der Waals surface area contributed by atoms with Crippen LogP contribution in [0, 0.1) is 5.92 Å². The second-order valence-electron chi connectivity index (χ2n) is 4.00. The third-order valence-electron chi connectivity index (χ3n) is 2.94. The third-order valence-corrected chi connectivity index (χ3v) is 2.94. The zero-order valence-corrected chi connectivity index (χ0v) is 9.22. The molecule has 2 heterocycles. The SMILES string of the molecule is Cl.O=C1CCOCC1CN1CCCC1. The fraction of sp³-hybridized carbons (Fsp3) is 0.900. The summed E-state index contributed by atoms with van der Waals surface area (Å²) in [5.41, 5.74) is 0. The van der Waals surface area contributed by atoms with Crippen LogP contribution in [0.2, 0.25) is 0 Å². The summed E-state index contributed by atoms with van der Waals surface area (Å²) in [6.07, 6.45) is 3.21. The fourth-order valence-corrected chi connectivity index (χ4v) is 2.13. The van der Waals surface area contributed by atoms with Crippen LogP contribution in [-0.4, -0.2) is 43.5 Å². The number of ketones is 1. The van der Waals surface area contributed by atoms with E-state index in [1.807, 2.05) is 0 Å². The lowest BCUT2D eigenvalue weighted by molar-refractivity contribution is -0.131. The summed E-state index contributed by atoms with van der Waals surface area (Å²) in [5, 5.41) is 0. The molecule has 0 aromatic carbocycles. The van der Waals surface area contributed by atoms with E-state index in [2.05, 4.69) is 4.90 Å². The van der Waals surface area contributed by atoms with E-state index in [1.54, 1.807) is 0 Å². The number of nitrogens with zero attached hydrogens (tertiary/aromatic N) is 1. The lowest BCUT2D eigenvalue weighted by Crippen LogP contribution is -2.37. The van der Waals surface area contributed by atoms with E-state index in [0.717, 1.165) is 6.54 Å². The molecule has 0 aliphatic carbocycles. The minimum atomic E-state index is 0. The molecule has 0 spiro atoms. The maximum atomic E-state index is 11.5. The van der Waals surface area contributed by atoms with E-state index >= 15 is 0 Å². The molecule has 2 aliphatic heterocycles. The van der Waals surface area contributed by atoms with Crippen LogP contribution in [0.25, 0.3) is 0 Å². The molecule has 3 nitrogen and oxygen atoms in total. The number of hydrogen-bond donors (Lipinski definition) is 0. The largest absolute Gasteiger partial charge is 0.380 e. The Balaban J connectivity index is 0.000000980. The number of carbonyl (C=O) groups is 1. The Kier molecular flexibility index (Phi) is 4.85. The first-order valence-electron chi connectivity index (χ1n) is 5.19. The molecule has 2 saturated heterocycles. The first-order valence-corrected chi connectivity index (χ1v) is 5.19. The summed E-state index contributed by atoms with van der Waals surface area (Å²) in [4.78, 5) is 13.9. The number of rotatable bonds is 2. The molecule has 0 radical (unpaired) electrons. The smallest absolute Gasteiger partial charge is 0.141 e. The van der Waals surface area contributed by atoms with Crippen LogP contribution in [0.3, 0.4) is 0 Å².